The van der Waals surface area contributed by atoms with Gasteiger partial charge in [0.15, 0.2) is 0 Å². The molecule has 2 fully saturated rings. The summed E-state index contributed by atoms with van der Waals surface area (Å²) < 4.78 is 5.09. The number of likely N-dealkylation sites (tertiary alicyclic amines) is 1. The fourth-order valence-corrected chi connectivity index (χ4v) is 3.22. The van der Waals surface area contributed by atoms with Crippen LogP contribution in [0.2, 0.25) is 0 Å². The second-order valence-corrected chi connectivity index (χ2v) is 5.12. The van der Waals surface area contributed by atoms with Crippen LogP contribution in [0.1, 0.15) is 25.7 Å². The van der Waals surface area contributed by atoms with Crippen molar-refractivity contribution in [3.63, 3.8) is 0 Å². The maximum atomic E-state index is 6.19. The molecule has 1 saturated heterocycles. The molecule has 2 rings (SSSR count). The molecule has 3 heteroatoms. The maximum absolute atomic E-state index is 6.19. The van der Waals surface area contributed by atoms with E-state index in [1.807, 2.05) is 0 Å². The molecule has 1 saturated carbocycles. The standard InChI is InChI=1S/C12H24N2O/c1-15-7-3-6-14-8-10-4-2-5-12(13)11(10)9-14/h10-12H,2-9,13H2,1H3. The predicted octanol–water partition coefficient (Wildman–Crippen LogP) is 1.08. The molecule has 0 amide bonds. The Morgan fingerprint density at radius 3 is 2.93 bits per heavy atom. The van der Waals surface area contributed by atoms with Crippen molar-refractivity contribution in [2.75, 3.05) is 33.4 Å². The average molecular weight is 212 g/mol. The Hall–Kier alpha value is -0.120. The first-order valence-corrected chi connectivity index (χ1v) is 6.28. The topological polar surface area (TPSA) is 38.5 Å². The summed E-state index contributed by atoms with van der Waals surface area (Å²) >= 11 is 0. The van der Waals surface area contributed by atoms with Gasteiger partial charge in [-0.2, -0.15) is 0 Å². The van der Waals surface area contributed by atoms with Gasteiger partial charge in [-0.15, -0.1) is 0 Å². The minimum Gasteiger partial charge on any atom is -0.385 e. The van der Waals surface area contributed by atoms with Crippen molar-refractivity contribution in [3.05, 3.63) is 0 Å². The second-order valence-electron chi connectivity index (χ2n) is 5.12. The van der Waals surface area contributed by atoms with E-state index in [-0.39, 0.29) is 0 Å². The third kappa shape index (κ3) is 2.71. The zero-order valence-electron chi connectivity index (χ0n) is 9.82. The van der Waals surface area contributed by atoms with Crippen LogP contribution < -0.4 is 5.73 Å². The summed E-state index contributed by atoms with van der Waals surface area (Å²) in [5.74, 6) is 1.66. The summed E-state index contributed by atoms with van der Waals surface area (Å²) in [6.45, 7) is 4.59. The van der Waals surface area contributed by atoms with Crippen molar-refractivity contribution in [2.24, 2.45) is 17.6 Å². The van der Waals surface area contributed by atoms with Gasteiger partial charge in [0, 0.05) is 39.4 Å². The minimum absolute atomic E-state index is 0.469. The van der Waals surface area contributed by atoms with Crippen molar-refractivity contribution in [1.82, 2.24) is 4.90 Å². The Balaban J connectivity index is 1.77. The van der Waals surface area contributed by atoms with E-state index in [4.69, 9.17) is 10.5 Å². The predicted molar refractivity (Wildman–Crippen MR) is 61.7 cm³/mol. The highest BCUT2D eigenvalue weighted by Crippen LogP contribution is 2.35. The highest BCUT2D eigenvalue weighted by atomic mass is 16.5. The number of nitrogens with two attached hydrogens (primary N) is 1. The molecule has 88 valence electrons. The third-order valence-electron chi connectivity index (χ3n) is 4.05. The lowest BCUT2D eigenvalue weighted by atomic mass is 9.78. The van der Waals surface area contributed by atoms with E-state index in [0.29, 0.717) is 6.04 Å². The minimum atomic E-state index is 0.469. The van der Waals surface area contributed by atoms with Gasteiger partial charge in [0.2, 0.25) is 0 Å². The van der Waals surface area contributed by atoms with Gasteiger partial charge in [-0.25, -0.2) is 0 Å². The fraction of sp³-hybridized carbons (Fsp3) is 1.00. The van der Waals surface area contributed by atoms with E-state index in [9.17, 15) is 0 Å². The molecule has 0 aromatic rings. The van der Waals surface area contributed by atoms with Gasteiger partial charge in [-0.05, 0) is 31.1 Å². The van der Waals surface area contributed by atoms with Gasteiger partial charge >= 0.3 is 0 Å². The summed E-state index contributed by atoms with van der Waals surface area (Å²) in [5.41, 5.74) is 6.19. The zero-order chi connectivity index (χ0) is 10.7. The van der Waals surface area contributed by atoms with Crippen LogP contribution in [0.5, 0.6) is 0 Å². The van der Waals surface area contributed by atoms with Crippen molar-refractivity contribution in [2.45, 2.75) is 31.7 Å². The monoisotopic (exact) mass is 212 g/mol. The molecule has 2 aliphatic rings. The third-order valence-corrected chi connectivity index (χ3v) is 4.05. The molecule has 2 N–H and O–H groups in total. The molecule has 1 aliphatic heterocycles. The van der Waals surface area contributed by atoms with Gasteiger partial charge in [-0.1, -0.05) is 6.42 Å². The highest BCUT2D eigenvalue weighted by Gasteiger charge is 2.38. The lowest BCUT2D eigenvalue weighted by molar-refractivity contribution is 0.177. The highest BCUT2D eigenvalue weighted by molar-refractivity contribution is 4.92. The number of hydrogen-bond donors (Lipinski definition) is 1. The van der Waals surface area contributed by atoms with Crippen LogP contribution in [0.4, 0.5) is 0 Å². The molecular formula is C12H24N2O. The van der Waals surface area contributed by atoms with E-state index in [1.54, 1.807) is 7.11 Å². The molecule has 0 aromatic heterocycles. The van der Waals surface area contributed by atoms with Gasteiger partial charge in [0.1, 0.15) is 0 Å². The van der Waals surface area contributed by atoms with Crippen molar-refractivity contribution >= 4 is 0 Å². The summed E-state index contributed by atoms with van der Waals surface area (Å²) in [6.07, 6.45) is 5.14. The Kier molecular flexibility index (Phi) is 4.00. The zero-order valence-corrected chi connectivity index (χ0v) is 9.82. The molecule has 0 spiro atoms. The average Bonchev–Trinajstić information content (AvgIpc) is 2.63. The molecule has 3 unspecified atom stereocenters. The van der Waals surface area contributed by atoms with Gasteiger partial charge in [-0.3, -0.25) is 0 Å². The summed E-state index contributed by atoms with van der Waals surface area (Å²) in [7, 11) is 1.78. The number of ether oxygens (including phenoxy) is 1. The smallest absolute Gasteiger partial charge is 0.0474 e. The van der Waals surface area contributed by atoms with Crippen LogP contribution in [-0.2, 0) is 4.74 Å². The first-order valence-electron chi connectivity index (χ1n) is 6.28. The van der Waals surface area contributed by atoms with E-state index < -0.39 is 0 Å². The van der Waals surface area contributed by atoms with Crippen LogP contribution >= 0.6 is 0 Å². The number of rotatable bonds is 4. The van der Waals surface area contributed by atoms with Crippen LogP contribution in [0.3, 0.4) is 0 Å². The number of nitrogens with zero attached hydrogens (tertiary/aromatic N) is 1. The quantitative estimate of drug-likeness (QED) is 0.709. The summed E-state index contributed by atoms with van der Waals surface area (Å²) in [6, 6.07) is 0.469. The molecule has 0 bridgehead atoms. The van der Waals surface area contributed by atoms with Crippen molar-refractivity contribution in [3.8, 4) is 0 Å². The maximum Gasteiger partial charge on any atom is 0.0474 e. The van der Waals surface area contributed by atoms with Crippen LogP contribution in [0.15, 0.2) is 0 Å². The van der Waals surface area contributed by atoms with E-state index >= 15 is 0 Å². The molecule has 3 nitrogen and oxygen atoms in total. The van der Waals surface area contributed by atoms with E-state index in [0.717, 1.165) is 24.9 Å². The number of hydrogen-bond acceptors (Lipinski definition) is 3. The largest absolute Gasteiger partial charge is 0.385 e. The molecule has 15 heavy (non-hydrogen) atoms. The summed E-state index contributed by atoms with van der Waals surface area (Å²) in [5, 5.41) is 0. The second kappa shape index (κ2) is 5.28. The van der Waals surface area contributed by atoms with E-state index in [1.165, 1.54) is 38.9 Å². The molecular weight excluding hydrogens is 188 g/mol. The Bertz CT molecular complexity index is 198. The lowest BCUT2D eigenvalue weighted by Gasteiger charge is -2.29. The molecule has 0 radical (unpaired) electrons. The Morgan fingerprint density at radius 2 is 2.20 bits per heavy atom. The van der Waals surface area contributed by atoms with Gasteiger partial charge < -0.3 is 15.4 Å². The molecule has 0 aromatic carbocycles. The van der Waals surface area contributed by atoms with Crippen LogP contribution in [0, 0.1) is 11.8 Å². The Morgan fingerprint density at radius 1 is 1.33 bits per heavy atom. The van der Waals surface area contributed by atoms with Gasteiger partial charge in [0.25, 0.3) is 0 Å². The number of fused-ring (bicyclic) bond motifs is 1. The Labute approximate surface area is 93.0 Å². The lowest BCUT2D eigenvalue weighted by Crippen LogP contribution is -2.38. The number of methoxy groups -OCH3 is 1. The fourth-order valence-electron chi connectivity index (χ4n) is 3.22. The van der Waals surface area contributed by atoms with Crippen LogP contribution in [-0.4, -0.2) is 44.3 Å². The van der Waals surface area contributed by atoms with Crippen LogP contribution in [0.25, 0.3) is 0 Å². The SMILES string of the molecule is COCCCN1CC2CCCC(N)C2C1. The van der Waals surface area contributed by atoms with E-state index in [2.05, 4.69) is 4.90 Å². The first-order chi connectivity index (χ1) is 7.31. The van der Waals surface area contributed by atoms with Gasteiger partial charge in [0.05, 0.1) is 0 Å². The first kappa shape index (κ1) is 11.4. The molecule has 1 heterocycles. The molecule has 1 aliphatic carbocycles. The summed E-state index contributed by atoms with van der Waals surface area (Å²) in [4.78, 5) is 2.58. The normalized spacial score (nSPS) is 36.8. The van der Waals surface area contributed by atoms with Crippen molar-refractivity contribution < 1.29 is 4.74 Å². The van der Waals surface area contributed by atoms with Crippen molar-refractivity contribution in [1.29, 1.82) is 0 Å². The molecule has 3 atom stereocenters.